The molecule has 2 fully saturated rings. The number of aromatic nitrogens is 1. The summed E-state index contributed by atoms with van der Waals surface area (Å²) in [5.41, 5.74) is 7.39. The number of rotatable bonds is 2. The van der Waals surface area contributed by atoms with Crippen LogP contribution in [0.3, 0.4) is 0 Å². The van der Waals surface area contributed by atoms with Crippen LogP contribution in [0.2, 0.25) is 0 Å². The van der Waals surface area contributed by atoms with Crippen molar-refractivity contribution in [3.63, 3.8) is 0 Å². The SMILES string of the molecule is CC1CCN(C2CCN(C(=O)c3ccc4nc(N)sc4c3)CC2)CC1. The molecule has 0 bridgehead atoms. The molecule has 2 saturated heterocycles. The minimum Gasteiger partial charge on any atom is -0.375 e. The number of carbonyl (C=O) groups is 1. The average molecular weight is 359 g/mol. The lowest BCUT2D eigenvalue weighted by molar-refractivity contribution is 0.0560. The van der Waals surface area contributed by atoms with Crippen LogP contribution in [0.5, 0.6) is 0 Å². The number of hydrogen-bond donors (Lipinski definition) is 1. The predicted molar refractivity (Wildman–Crippen MR) is 103 cm³/mol. The minimum absolute atomic E-state index is 0.139. The van der Waals surface area contributed by atoms with Gasteiger partial charge in [0, 0.05) is 24.7 Å². The van der Waals surface area contributed by atoms with E-state index in [-0.39, 0.29) is 5.91 Å². The maximum Gasteiger partial charge on any atom is 0.253 e. The fourth-order valence-electron chi connectivity index (χ4n) is 4.09. The molecule has 0 unspecified atom stereocenters. The van der Waals surface area contributed by atoms with Gasteiger partial charge in [-0.25, -0.2) is 4.98 Å². The smallest absolute Gasteiger partial charge is 0.253 e. The molecule has 0 atom stereocenters. The third kappa shape index (κ3) is 3.51. The maximum atomic E-state index is 12.8. The maximum absolute atomic E-state index is 12.8. The van der Waals surface area contributed by atoms with E-state index in [1.165, 1.54) is 37.3 Å². The van der Waals surface area contributed by atoms with E-state index >= 15 is 0 Å². The molecule has 2 aliphatic heterocycles. The van der Waals surface area contributed by atoms with Crippen LogP contribution in [0.25, 0.3) is 10.2 Å². The van der Waals surface area contributed by atoms with E-state index in [4.69, 9.17) is 5.73 Å². The normalized spacial score (nSPS) is 21.1. The summed E-state index contributed by atoms with van der Waals surface area (Å²) in [6, 6.07) is 6.36. The van der Waals surface area contributed by atoms with Gasteiger partial charge in [-0.2, -0.15) is 0 Å². The Hall–Kier alpha value is -1.66. The van der Waals surface area contributed by atoms with Crippen LogP contribution in [-0.2, 0) is 0 Å². The summed E-state index contributed by atoms with van der Waals surface area (Å²) in [4.78, 5) is 21.8. The molecule has 2 aliphatic rings. The van der Waals surface area contributed by atoms with Crippen molar-refractivity contribution in [2.24, 2.45) is 5.92 Å². The fourth-order valence-corrected chi connectivity index (χ4v) is 4.86. The van der Waals surface area contributed by atoms with Gasteiger partial charge in [0.2, 0.25) is 0 Å². The van der Waals surface area contributed by atoms with Gasteiger partial charge in [-0.15, -0.1) is 0 Å². The number of anilines is 1. The Morgan fingerprint density at radius 3 is 2.60 bits per heavy atom. The Bertz CT molecular complexity index is 758. The number of piperidine rings is 2. The molecule has 134 valence electrons. The van der Waals surface area contributed by atoms with E-state index in [1.807, 2.05) is 23.1 Å². The molecule has 6 heteroatoms. The van der Waals surface area contributed by atoms with Crippen LogP contribution in [0.1, 0.15) is 43.0 Å². The monoisotopic (exact) mass is 358 g/mol. The van der Waals surface area contributed by atoms with Crippen molar-refractivity contribution in [1.29, 1.82) is 0 Å². The van der Waals surface area contributed by atoms with Crippen molar-refractivity contribution < 1.29 is 4.79 Å². The summed E-state index contributed by atoms with van der Waals surface area (Å²) in [5.74, 6) is 1.01. The van der Waals surface area contributed by atoms with Gasteiger partial charge in [-0.1, -0.05) is 18.3 Å². The van der Waals surface area contributed by atoms with Gasteiger partial charge < -0.3 is 15.5 Å². The zero-order valence-corrected chi connectivity index (χ0v) is 15.6. The molecule has 25 heavy (non-hydrogen) atoms. The summed E-state index contributed by atoms with van der Waals surface area (Å²) in [5, 5.41) is 0.552. The largest absolute Gasteiger partial charge is 0.375 e. The number of benzene rings is 1. The molecule has 3 heterocycles. The number of nitrogens with zero attached hydrogens (tertiary/aromatic N) is 3. The van der Waals surface area contributed by atoms with E-state index in [9.17, 15) is 4.79 Å². The van der Waals surface area contributed by atoms with Gasteiger partial charge in [-0.3, -0.25) is 4.79 Å². The molecule has 0 saturated carbocycles. The molecular formula is C19H26N4OS. The fraction of sp³-hybridized carbons (Fsp3) is 0.579. The van der Waals surface area contributed by atoms with Crippen molar-refractivity contribution in [2.45, 2.75) is 38.6 Å². The summed E-state index contributed by atoms with van der Waals surface area (Å²) < 4.78 is 0.987. The first-order valence-electron chi connectivity index (χ1n) is 9.29. The number of fused-ring (bicyclic) bond motifs is 1. The van der Waals surface area contributed by atoms with E-state index < -0.39 is 0 Å². The van der Waals surface area contributed by atoms with E-state index in [0.29, 0.717) is 11.2 Å². The van der Waals surface area contributed by atoms with Crippen LogP contribution in [0.4, 0.5) is 5.13 Å². The molecule has 5 nitrogen and oxygen atoms in total. The van der Waals surface area contributed by atoms with Crippen LogP contribution in [-0.4, -0.2) is 52.9 Å². The summed E-state index contributed by atoms with van der Waals surface area (Å²) >= 11 is 1.44. The van der Waals surface area contributed by atoms with Crippen molar-refractivity contribution in [2.75, 3.05) is 31.9 Å². The summed E-state index contributed by atoms with van der Waals surface area (Å²) in [7, 11) is 0. The summed E-state index contributed by atoms with van der Waals surface area (Å²) in [6.45, 7) is 6.52. The third-order valence-corrected chi connectivity index (χ3v) is 6.59. The van der Waals surface area contributed by atoms with E-state index in [1.54, 1.807) is 0 Å². The third-order valence-electron chi connectivity index (χ3n) is 5.74. The molecule has 4 rings (SSSR count). The summed E-state index contributed by atoms with van der Waals surface area (Å²) in [6.07, 6.45) is 4.82. The first kappa shape index (κ1) is 16.8. The average Bonchev–Trinajstić information content (AvgIpc) is 3.01. The van der Waals surface area contributed by atoms with Crippen molar-refractivity contribution >= 4 is 32.6 Å². The van der Waals surface area contributed by atoms with Gasteiger partial charge in [0.1, 0.15) is 0 Å². The number of nitrogen functional groups attached to an aromatic ring is 1. The van der Waals surface area contributed by atoms with E-state index in [0.717, 1.165) is 47.6 Å². The quantitative estimate of drug-likeness (QED) is 0.895. The van der Waals surface area contributed by atoms with Crippen molar-refractivity contribution in [3.8, 4) is 0 Å². The topological polar surface area (TPSA) is 62.5 Å². The van der Waals surface area contributed by atoms with E-state index in [2.05, 4.69) is 16.8 Å². The Labute approximate surface area is 152 Å². The lowest BCUT2D eigenvalue weighted by Gasteiger charge is -2.41. The molecule has 0 aliphatic carbocycles. The van der Waals surface area contributed by atoms with Crippen molar-refractivity contribution in [1.82, 2.24) is 14.8 Å². The number of amides is 1. The predicted octanol–water partition coefficient (Wildman–Crippen LogP) is 3.22. The number of carbonyl (C=O) groups excluding carboxylic acids is 1. The van der Waals surface area contributed by atoms with Gasteiger partial charge in [-0.05, 0) is 62.9 Å². The standard InChI is InChI=1S/C19H26N4OS/c1-13-4-8-22(9-5-13)15-6-10-23(11-7-15)18(24)14-2-3-16-17(12-14)25-19(20)21-16/h2-3,12-13,15H,4-11H2,1H3,(H2,20,21). The van der Waals surface area contributed by atoms with Crippen LogP contribution in [0, 0.1) is 5.92 Å². The second kappa shape index (κ2) is 6.92. The lowest BCUT2D eigenvalue weighted by Crippen LogP contribution is -2.48. The van der Waals surface area contributed by atoms with Crippen molar-refractivity contribution in [3.05, 3.63) is 23.8 Å². The number of thiazole rings is 1. The Morgan fingerprint density at radius 2 is 1.88 bits per heavy atom. The Balaban J connectivity index is 1.38. The highest BCUT2D eigenvalue weighted by Gasteiger charge is 2.29. The molecular weight excluding hydrogens is 332 g/mol. The molecule has 0 radical (unpaired) electrons. The lowest BCUT2D eigenvalue weighted by atomic mass is 9.95. The molecule has 2 aromatic rings. The number of likely N-dealkylation sites (tertiary alicyclic amines) is 2. The van der Waals surface area contributed by atoms with Gasteiger partial charge in [0.15, 0.2) is 5.13 Å². The highest BCUT2D eigenvalue weighted by atomic mass is 32.1. The molecule has 0 spiro atoms. The highest BCUT2D eigenvalue weighted by Crippen LogP contribution is 2.27. The zero-order valence-electron chi connectivity index (χ0n) is 14.8. The first-order chi connectivity index (χ1) is 12.1. The Morgan fingerprint density at radius 1 is 1.16 bits per heavy atom. The van der Waals surface area contributed by atoms with Gasteiger partial charge in [0.05, 0.1) is 10.2 Å². The van der Waals surface area contributed by atoms with Crippen LogP contribution in [0.15, 0.2) is 18.2 Å². The molecule has 1 aromatic carbocycles. The van der Waals surface area contributed by atoms with Crippen LogP contribution < -0.4 is 5.73 Å². The van der Waals surface area contributed by atoms with Crippen LogP contribution >= 0.6 is 11.3 Å². The molecule has 1 amide bonds. The first-order valence-corrected chi connectivity index (χ1v) is 10.1. The Kier molecular flexibility index (Phi) is 4.65. The van der Waals surface area contributed by atoms with Gasteiger partial charge in [0.25, 0.3) is 5.91 Å². The number of nitrogens with two attached hydrogens (primary N) is 1. The number of hydrogen-bond acceptors (Lipinski definition) is 5. The minimum atomic E-state index is 0.139. The van der Waals surface area contributed by atoms with Gasteiger partial charge >= 0.3 is 0 Å². The molecule has 2 N–H and O–H groups in total. The second-order valence-electron chi connectivity index (χ2n) is 7.48. The second-order valence-corrected chi connectivity index (χ2v) is 8.54. The molecule has 1 aromatic heterocycles. The highest BCUT2D eigenvalue weighted by molar-refractivity contribution is 7.22. The zero-order chi connectivity index (χ0) is 17.4.